The number of hydrogen-bond acceptors (Lipinski definition) is 6. The van der Waals surface area contributed by atoms with E-state index in [0.29, 0.717) is 22.8 Å². The molecule has 0 bridgehead atoms. The Morgan fingerprint density at radius 1 is 1.07 bits per heavy atom. The van der Waals surface area contributed by atoms with Gasteiger partial charge in [0.15, 0.2) is 0 Å². The molecular formula is C30H33N5O4S. The second-order valence-electron chi connectivity index (χ2n) is 10.7. The first-order chi connectivity index (χ1) is 19.4. The van der Waals surface area contributed by atoms with Gasteiger partial charge in [0.25, 0.3) is 5.91 Å². The van der Waals surface area contributed by atoms with Crippen LogP contribution in [0.15, 0.2) is 71.8 Å². The second-order valence-corrected chi connectivity index (χ2v) is 11.8. The zero-order chi connectivity index (χ0) is 27.8. The van der Waals surface area contributed by atoms with Gasteiger partial charge in [-0.1, -0.05) is 36.5 Å². The van der Waals surface area contributed by atoms with Crippen molar-refractivity contribution in [2.45, 2.75) is 56.1 Å². The Morgan fingerprint density at radius 3 is 2.60 bits per heavy atom. The van der Waals surface area contributed by atoms with E-state index in [2.05, 4.69) is 27.8 Å². The smallest absolute Gasteiger partial charge is 0.326 e. The number of benzene rings is 2. The lowest BCUT2D eigenvalue weighted by molar-refractivity contribution is -0.117. The van der Waals surface area contributed by atoms with Gasteiger partial charge < -0.3 is 26.0 Å². The summed E-state index contributed by atoms with van der Waals surface area (Å²) in [5.41, 5.74) is 2.49. The molecule has 208 valence electrons. The van der Waals surface area contributed by atoms with Gasteiger partial charge in [0.1, 0.15) is 11.5 Å². The molecule has 3 fully saturated rings. The molecule has 0 radical (unpaired) electrons. The lowest BCUT2D eigenvalue weighted by Gasteiger charge is -2.46. The van der Waals surface area contributed by atoms with Gasteiger partial charge in [-0.2, -0.15) is 0 Å². The van der Waals surface area contributed by atoms with Gasteiger partial charge in [-0.05, 0) is 81.1 Å². The van der Waals surface area contributed by atoms with Crippen LogP contribution in [-0.4, -0.2) is 47.9 Å². The van der Waals surface area contributed by atoms with Crippen LogP contribution in [0.3, 0.4) is 0 Å². The number of nitrogens with zero attached hydrogens (tertiary/aromatic N) is 1. The SMILES string of the molecule is C=CC(=O)N[C@H]1CC[C@H](NC(=O)C2=C3NC(=O)N(c4ccc(Oc5ccccc5)cc4C)C4CCNC(S2)C34)C1. The summed E-state index contributed by atoms with van der Waals surface area (Å²) in [6.45, 7) is 6.24. The maximum absolute atomic E-state index is 13.6. The lowest BCUT2D eigenvalue weighted by Crippen LogP contribution is -2.62. The number of rotatable bonds is 7. The average Bonchev–Trinajstić information content (AvgIpc) is 3.55. The highest BCUT2D eigenvalue weighted by molar-refractivity contribution is 8.04. The Balaban J connectivity index is 1.19. The number of urea groups is 1. The first-order valence-electron chi connectivity index (χ1n) is 13.7. The highest BCUT2D eigenvalue weighted by Crippen LogP contribution is 2.48. The number of piperidine rings is 1. The Morgan fingerprint density at radius 2 is 1.85 bits per heavy atom. The molecule has 3 aliphatic heterocycles. The molecule has 1 saturated carbocycles. The van der Waals surface area contributed by atoms with E-state index in [0.717, 1.165) is 42.8 Å². The summed E-state index contributed by atoms with van der Waals surface area (Å²) in [5.74, 6) is 1.08. The molecule has 5 atom stereocenters. The van der Waals surface area contributed by atoms with E-state index in [1.165, 1.54) is 17.8 Å². The molecular weight excluding hydrogens is 526 g/mol. The van der Waals surface area contributed by atoms with Crippen molar-refractivity contribution in [1.29, 1.82) is 0 Å². The Hall–Kier alpha value is -3.76. The van der Waals surface area contributed by atoms with Gasteiger partial charge in [0, 0.05) is 29.4 Å². The Kier molecular flexibility index (Phi) is 7.29. The minimum atomic E-state index is -0.224. The third kappa shape index (κ3) is 5.09. The molecule has 4 N–H and O–H groups in total. The number of nitrogens with one attached hydrogen (secondary N) is 4. The van der Waals surface area contributed by atoms with Gasteiger partial charge in [-0.25, -0.2) is 4.79 Å². The van der Waals surface area contributed by atoms with E-state index in [9.17, 15) is 14.4 Å². The van der Waals surface area contributed by atoms with Crippen molar-refractivity contribution in [1.82, 2.24) is 21.3 Å². The van der Waals surface area contributed by atoms with Crippen LogP contribution in [0.4, 0.5) is 10.5 Å². The average molecular weight is 560 g/mol. The maximum atomic E-state index is 13.6. The molecule has 4 aliphatic rings. The third-order valence-electron chi connectivity index (χ3n) is 8.05. The summed E-state index contributed by atoms with van der Waals surface area (Å²) in [6.07, 6.45) is 4.32. The fraction of sp³-hybridized carbons (Fsp3) is 0.367. The molecule has 2 aromatic carbocycles. The first kappa shape index (κ1) is 26.5. The van der Waals surface area contributed by atoms with Crippen LogP contribution in [0.2, 0.25) is 0 Å². The van der Waals surface area contributed by atoms with E-state index in [1.807, 2.05) is 60.4 Å². The van der Waals surface area contributed by atoms with Crippen molar-refractivity contribution in [2.24, 2.45) is 5.92 Å². The zero-order valence-electron chi connectivity index (χ0n) is 22.3. The summed E-state index contributed by atoms with van der Waals surface area (Å²) in [6, 6.07) is 15.1. The second kappa shape index (κ2) is 11.0. The molecule has 0 aromatic heterocycles. The molecule has 3 unspecified atom stereocenters. The summed E-state index contributed by atoms with van der Waals surface area (Å²) in [5, 5.41) is 12.7. The van der Waals surface area contributed by atoms with E-state index < -0.39 is 0 Å². The number of anilines is 1. The van der Waals surface area contributed by atoms with Crippen molar-refractivity contribution in [2.75, 3.05) is 11.4 Å². The van der Waals surface area contributed by atoms with Crippen molar-refractivity contribution in [3.8, 4) is 11.5 Å². The minimum Gasteiger partial charge on any atom is -0.457 e. The summed E-state index contributed by atoms with van der Waals surface area (Å²) < 4.78 is 6.00. The number of carbonyl (C=O) groups excluding carboxylic acids is 3. The quantitative estimate of drug-likeness (QED) is 0.383. The van der Waals surface area contributed by atoms with Crippen molar-refractivity contribution in [3.05, 3.63) is 77.4 Å². The molecule has 9 nitrogen and oxygen atoms in total. The number of amides is 4. The molecule has 40 heavy (non-hydrogen) atoms. The zero-order valence-corrected chi connectivity index (χ0v) is 23.1. The largest absolute Gasteiger partial charge is 0.457 e. The third-order valence-corrected chi connectivity index (χ3v) is 9.41. The maximum Gasteiger partial charge on any atom is 0.326 e. The fourth-order valence-corrected chi connectivity index (χ4v) is 7.64. The molecule has 2 aromatic rings. The molecule has 10 heteroatoms. The van der Waals surface area contributed by atoms with Crippen molar-refractivity contribution >= 4 is 35.3 Å². The van der Waals surface area contributed by atoms with Crippen LogP contribution in [0.1, 0.15) is 31.2 Å². The number of thioether (sulfide) groups is 1. The lowest BCUT2D eigenvalue weighted by atomic mass is 9.86. The van der Waals surface area contributed by atoms with Crippen LogP contribution in [0, 0.1) is 12.8 Å². The van der Waals surface area contributed by atoms with E-state index in [4.69, 9.17) is 4.74 Å². The van der Waals surface area contributed by atoms with Crippen LogP contribution in [-0.2, 0) is 9.59 Å². The molecule has 6 rings (SSSR count). The van der Waals surface area contributed by atoms with E-state index >= 15 is 0 Å². The topological polar surface area (TPSA) is 112 Å². The Bertz CT molecular complexity index is 1380. The van der Waals surface area contributed by atoms with Crippen molar-refractivity contribution < 1.29 is 19.1 Å². The van der Waals surface area contributed by atoms with Crippen molar-refractivity contribution in [3.63, 3.8) is 0 Å². The standard InChI is InChI=1S/C30H33N5O4S/c1-3-24(36)32-18-9-10-19(16-18)33-28(37)27-26-25-23(13-14-31-29(25)40-27)35(30(38)34-26)22-12-11-21(15-17(22)2)39-20-7-5-4-6-8-20/h3-8,11-12,15,18-19,23,25,29,31H,1,9-10,13-14,16H2,2H3,(H,32,36)(H,33,37)(H,34,38)/t18-,19-,23?,25?,29?/m0/s1. The first-order valence-corrected chi connectivity index (χ1v) is 14.6. The van der Waals surface area contributed by atoms with Gasteiger partial charge in [-0.3, -0.25) is 14.5 Å². The normalized spacial score (nSPS) is 27.1. The molecule has 2 saturated heterocycles. The summed E-state index contributed by atoms with van der Waals surface area (Å²) in [7, 11) is 0. The highest BCUT2D eigenvalue weighted by Gasteiger charge is 2.52. The number of carbonyl (C=O) groups is 3. The minimum absolute atomic E-state index is 0.00167. The molecule has 1 aliphatic carbocycles. The van der Waals surface area contributed by atoms with Gasteiger partial charge >= 0.3 is 6.03 Å². The van der Waals surface area contributed by atoms with Gasteiger partial charge in [0.05, 0.1) is 16.3 Å². The molecule has 0 spiro atoms. The highest BCUT2D eigenvalue weighted by atomic mass is 32.2. The predicted octanol–water partition coefficient (Wildman–Crippen LogP) is 3.92. The van der Waals surface area contributed by atoms with Gasteiger partial charge in [0.2, 0.25) is 5.91 Å². The molecule has 4 amide bonds. The number of para-hydroxylation sites is 1. The van der Waals surface area contributed by atoms with Crippen LogP contribution in [0.5, 0.6) is 11.5 Å². The number of aryl methyl sites for hydroxylation is 1. The van der Waals surface area contributed by atoms with Crippen LogP contribution in [0.25, 0.3) is 0 Å². The van der Waals surface area contributed by atoms with Gasteiger partial charge in [-0.15, -0.1) is 0 Å². The monoisotopic (exact) mass is 559 g/mol. The number of hydrogen-bond donors (Lipinski definition) is 4. The fourth-order valence-electron chi connectivity index (χ4n) is 6.24. The molecule has 3 heterocycles. The van der Waals surface area contributed by atoms with E-state index in [-0.39, 0.29) is 47.3 Å². The van der Waals surface area contributed by atoms with Crippen LogP contribution >= 0.6 is 11.8 Å². The van der Waals surface area contributed by atoms with Crippen LogP contribution < -0.4 is 30.9 Å². The Labute approximate surface area is 237 Å². The predicted molar refractivity (Wildman–Crippen MR) is 155 cm³/mol. The number of ether oxygens (including phenoxy) is 1. The van der Waals surface area contributed by atoms with E-state index in [1.54, 1.807) is 0 Å². The summed E-state index contributed by atoms with van der Waals surface area (Å²) in [4.78, 5) is 41.1. The summed E-state index contributed by atoms with van der Waals surface area (Å²) >= 11 is 1.50.